The zero-order valence-electron chi connectivity index (χ0n) is 10.5. The van der Waals surface area contributed by atoms with E-state index in [1.165, 1.54) is 0 Å². The molecule has 8 heteroatoms. The van der Waals surface area contributed by atoms with Gasteiger partial charge in [-0.25, -0.2) is 14.5 Å². The second-order valence-corrected chi connectivity index (χ2v) is 3.99. The molecule has 2 aromatic rings. The van der Waals surface area contributed by atoms with Gasteiger partial charge in [0.25, 0.3) is 0 Å². The summed E-state index contributed by atoms with van der Waals surface area (Å²) in [6.07, 6.45) is 0. The second-order valence-electron chi connectivity index (χ2n) is 3.99. The van der Waals surface area contributed by atoms with Crippen molar-refractivity contribution in [3.05, 3.63) is 5.69 Å². The molecule has 0 unspecified atom stereocenters. The van der Waals surface area contributed by atoms with Crippen LogP contribution in [0.3, 0.4) is 0 Å². The first-order valence-corrected chi connectivity index (χ1v) is 5.77. The number of fused-ring (bicyclic) bond motifs is 1. The molecule has 0 fully saturated rings. The van der Waals surface area contributed by atoms with E-state index in [4.69, 9.17) is 11.5 Å². The smallest absolute Gasteiger partial charge is 0.312 e. The maximum Gasteiger partial charge on any atom is 0.312 e. The molecule has 5 N–H and O–H groups in total. The van der Waals surface area contributed by atoms with E-state index in [0.29, 0.717) is 19.0 Å². The molecule has 0 aliphatic heterocycles. The molecule has 0 atom stereocenters. The minimum absolute atomic E-state index is 0.402. The molecule has 0 bridgehead atoms. The van der Waals surface area contributed by atoms with Crippen molar-refractivity contribution in [1.82, 2.24) is 24.6 Å². The maximum absolute atomic E-state index is 10.6. The van der Waals surface area contributed by atoms with E-state index in [1.54, 1.807) is 0 Å². The lowest BCUT2D eigenvalue weighted by Gasteiger charge is -2.08. The number of nitrogens with zero attached hydrogens (tertiary/aromatic N) is 4. The first-order chi connectivity index (χ1) is 8.54. The molecule has 2 rings (SSSR count). The number of imidazole rings is 1. The second kappa shape index (κ2) is 4.55. The Morgan fingerprint density at radius 1 is 1.50 bits per heavy atom. The van der Waals surface area contributed by atoms with Crippen LogP contribution in [0.5, 0.6) is 0 Å². The zero-order valence-corrected chi connectivity index (χ0v) is 10.5. The Bertz CT molecular complexity index is 583. The van der Waals surface area contributed by atoms with Gasteiger partial charge in [-0.05, 0) is 13.8 Å². The molecule has 0 aliphatic rings. The third-order valence-electron chi connectivity index (χ3n) is 2.76. The standard InChI is InChI=1S/C10H17N7O/c1-3-17-8-7(6(2)15-17)14-9(11)16(8)5-4-13-10(12)18/h3-5H2,1-2H3,(H2,11,14)(H3,12,13,18). The summed E-state index contributed by atoms with van der Waals surface area (Å²) < 4.78 is 3.67. The van der Waals surface area contributed by atoms with Crippen LogP contribution >= 0.6 is 0 Å². The van der Waals surface area contributed by atoms with Crippen LogP contribution in [0.15, 0.2) is 0 Å². The number of nitrogen functional groups attached to an aromatic ring is 1. The number of nitrogens with one attached hydrogen (secondary N) is 1. The molecule has 0 saturated heterocycles. The molecule has 18 heavy (non-hydrogen) atoms. The molecule has 98 valence electrons. The largest absolute Gasteiger partial charge is 0.369 e. The summed E-state index contributed by atoms with van der Waals surface area (Å²) in [5.41, 5.74) is 13.4. The van der Waals surface area contributed by atoms with Gasteiger partial charge in [0, 0.05) is 19.6 Å². The number of primary amides is 1. The number of anilines is 1. The third-order valence-corrected chi connectivity index (χ3v) is 2.76. The molecular weight excluding hydrogens is 234 g/mol. The van der Waals surface area contributed by atoms with Crippen molar-refractivity contribution in [2.24, 2.45) is 5.73 Å². The Balaban J connectivity index is 2.36. The summed E-state index contributed by atoms with van der Waals surface area (Å²) in [6, 6.07) is -0.551. The number of aromatic nitrogens is 4. The first kappa shape index (κ1) is 12.2. The van der Waals surface area contributed by atoms with Crippen molar-refractivity contribution in [2.45, 2.75) is 26.9 Å². The van der Waals surface area contributed by atoms with E-state index >= 15 is 0 Å². The van der Waals surface area contributed by atoms with Gasteiger partial charge in [-0.1, -0.05) is 0 Å². The minimum Gasteiger partial charge on any atom is -0.369 e. The van der Waals surface area contributed by atoms with Gasteiger partial charge in [0.05, 0.1) is 5.69 Å². The van der Waals surface area contributed by atoms with E-state index in [9.17, 15) is 4.79 Å². The average Bonchev–Trinajstić information content (AvgIpc) is 2.78. The van der Waals surface area contributed by atoms with Crippen molar-refractivity contribution in [1.29, 1.82) is 0 Å². The molecule has 2 aromatic heterocycles. The Hall–Kier alpha value is -2.25. The van der Waals surface area contributed by atoms with Crippen LogP contribution in [-0.4, -0.2) is 31.9 Å². The molecule has 8 nitrogen and oxygen atoms in total. The topological polar surface area (TPSA) is 117 Å². The molecule has 0 aromatic carbocycles. The fraction of sp³-hybridized carbons (Fsp3) is 0.500. The lowest BCUT2D eigenvalue weighted by atomic mass is 10.4. The van der Waals surface area contributed by atoms with Gasteiger partial charge in [0.2, 0.25) is 5.95 Å². The molecule has 2 heterocycles. The summed E-state index contributed by atoms with van der Waals surface area (Å²) >= 11 is 0. The molecular formula is C10H17N7O. The fourth-order valence-electron chi connectivity index (χ4n) is 1.97. The lowest BCUT2D eigenvalue weighted by Crippen LogP contribution is -2.32. The number of hydrogen-bond donors (Lipinski definition) is 3. The highest BCUT2D eigenvalue weighted by Crippen LogP contribution is 2.20. The number of aryl methyl sites for hydroxylation is 2. The number of hydrogen-bond acceptors (Lipinski definition) is 4. The SMILES string of the molecule is CCn1nc(C)c2nc(N)n(CCNC(N)=O)c21. The van der Waals surface area contributed by atoms with Crippen LogP contribution in [-0.2, 0) is 13.1 Å². The van der Waals surface area contributed by atoms with Gasteiger partial charge in [-0.2, -0.15) is 5.10 Å². The van der Waals surface area contributed by atoms with Crippen LogP contribution < -0.4 is 16.8 Å². The third kappa shape index (κ3) is 1.96. The van der Waals surface area contributed by atoms with Crippen molar-refractivity contribution >= 4 is 23.1 Å². The molecule has 2 amide bonds. The molecule has 0 aliphatic carbocycles. The maximum atomic E-state index is 10.6. The van der Waals surface area contributed by atoms with Crippen molar-refractivity contribution in [2.75, 3.05) is 12.3 Å². The number of carbonyl (C=O) groups excluding carboxylic acids is 1. The van der Waals surface area contributed by atoms with Crippen LogP contribution in [0.1, 0.15) is 12.6 Å². The molecule has 0 spiro atoms. The van der Waals surface area contributed by atoms with Gasteiger partial charge in [-0.15, -0.1) is 0 Å². The Morgan fingerprint density at radius 3 is 2.83 bits per heavy atom. The van der Waals surface area contributed by atoms with Gasteiger partial charge in [0.1, 0.15) is 5.52 Å². The number of carbonyl (C=O) groups is 1. The van der Waals surface area contributed by atoms with Crippen LogP contribution in [0, 0.1) is 6.92 Å². The van der Waals surface area contributed by atoms with Crippen LogP contribution in [0.4, 0.5) is 10.7 Å². The Morgan fingerprint density at radius 2 is 2.22 bits per heavy atom. The summed E-state index contributed by atoms with van der Waals surface area (Å²) in [6.45, 7) is 5.54. The monoisotopic (exact) mass is 251 g/mol. The normalized spacial score (nSPS) is 11.0. The summed E-state index contributed by atoms with van der Waals surface area (Å²) in [5, 5.41) is 6.90. The van der Waals surface area contributed by atoms with Crippen molar-refractivity contribution in [3.63, 3.8) is 0 Å². The fourth-order valence-corrected chi connectivity index (χ4v) is 1.97. The van der Waals surface area contributed by atoms with Crippen molar-refractivity contribution in [3.8, 4) is 0 Å². The van der Waals surface area contributed by atoms with E-state index in [2.05, 4.69) is 15.4 Å². The van der Waals surface area contributed by atoms with Gasteiger partial charge >= 0.3 is 6.03 Å². The van der Waals surface area contributed by atoms with E-state index < -0.39 is 6.03 Å². The summed E-state index contributed by atoms with van der Waals surface area (Å²) in [7, 11) is 0. The predicted molar refractivity (Wildman–Crippen MR) is 67.9 cm³/mol. The first-order valence-electron chi connectivity index (χ1n) is 5.77. The Labute approximate surface area is 104 Å². The average molecular weight is 251 g/mol. The van der Waals surface area contributed by atoms with Crippen LogP contribution in [0.2, 0.25) is 0 Å². The highest BCUT2D eigenvalue weighted by atomic mass is 16.2. The highest BCUT2D eigenvalue weighted by Gasteiger charge is 2.16. The molecule has 0 radical (unpaired) electrons. The van der Waals surface area contributed by atoms with Crippen LogP contribution in [0.25, 0.3) is 11.2 Å². The van der Waals surface area contributed by atoms with Gasteiger partial charge in [-0.3, -0.25) is 4.57 Å². The number of nitrogens with two attached hydrogens (primary N) is 2. The quantitative estimate of drug-likeness (QED) is 0.698. The van der Waals surface area contributed by atoms with E-state index in [-0.39, 0.29) is 0 Å². The summed E-state index contributed by atoms with van der Waals surface area (Å²) in [5.74, 6) is 0.416. The number of amides is 2. The number of urea groups is 1. The minimum atomic E-state index is -0.551. The molecule has 0 saturated carbocycles. The van der Waals surface area contributed by atoms with Gasteiger partial charge in [0.15, 0.2) is 5.65 Å². The van der Waals surface area contributed by atoms with E-state index in [0.717, 1.165) is 23.4 Å². The number of rotatable bonds is 4. The van der Waals surface area contributed by atoms with E-state index in [1.807, 2.05) is 23.1 Å². The van der Waals surface area contributed by atoms with Crippen molar-refractivity contribution < 1.29 is 4.79 Å². The van der Waals surface area contributed by atoms with Gasteiger partial charge < -0.3 is 16.8 Å². The Kier molecular flexibility index (Phi) is 3.09. The zero-order chi connectivity index (χ0) is 13.3. The predicted octanol–water partition coefficient (Wildman–Crippen LogP) is -0.188. The highest BCUT2D eigenvalue weighted by molar-refractivity contribution is 5.77. The lowest BCUT2D eigenvalue weighted by molar-refractivity contribution is 0.248. The summed E-state index contributed by atoms with van der Waals surface area (Å²) in [4.78, 5) is 14.9.